The fourth-order valence-electron chi connectivity index (χ4n) is 3.92. The Hall–Kier alpha value is -1.72. The summed E-state index contributed by atoms with van der Waals surface area (Å²) in [6, 6.07) is 6.73. The first-order chi connectivity index (χ1) is 11.3. The summed E-state index contributed by atoms with van der Waals surface area (Å²) in [6.45, 7) is 8.48. The molecule has 1 unspecified atom stereocenters. The Bertz CT molecular complexity index is 702. The van der Waals surface area contributed by atoms with Gasteiger partial charge in [-0.05, 0) is 38.6 Å². The zero-order chi connectivity index (χ0) is 15.8. The molecule has 1 aromatic carbocycles. The molecule has 124 valence electrons. The first-order valence-electron chi connectivity index (χ1n) is 8.51. The molecule has 0 amide bonds. The van der Waals surface area contributed by atoms with Crippen LogP contribution in [0.3, 0.4) is 0 Å². The van der Waals surface area contributed by atoms with Gasteiger partial charge in [0.25, 0.3) is 0 Å². The van der Waals surface area contributed by atoms with Crippen molar-refractivity contribution in [2.45, 2.75) is 19.4 Å². The SMILES string of the molecule is COc1cc2c3c(c1)cc(C)n3C(CN1CCCNCC1)CO2. The van der Waals surface area contributed by atoms with Gasteiger partial charge in [-0.3, -0.25) is 4.90 Å². The lowest BCUT2D eigenvalue weighted by molar-refractivity contribution is 0.174. The summed E-state index contributed by atoms with van der Waals surface area (Å²) >= 11 is 0. The first-order valence-corrected chi connectivity index (χ1v) is 8.51. The molecule has 0 aliphatic carbocycles. The summed E-state index contributed by atoms with van der Waals surface area (Å²) in [5.41, 5.74) is 2.52. The van der Waals surface area contributed by atoms with Gasteiger partial charge in [0.15, 0.2) is 0 Å². The van der Waals surface area contributed by atoms with E-state index in [2.05, 4.69) is 33.8 Å². The van der Waals surface area contributed by atoms with Crippen LogP contribution < -0.4 is 14.8 Å². The van der Waals surface area contributed by atoms with E-state index >= 15 is 0 Å². The normalized spacial score (nSPS) is 21.9. The van der Waals surface area contributed by atoms with Gasteiger partial charge in [-0.15, -0.1) is 0 Å². The number of hydrogen-bond donors (Lipinski definition) is 1. The molecule has 1 fully saturated rings. The molecule has 23 heavy (non-hydrogen) atoms. The van der Waals surface area contributed by atoms with E-state index < -0.39 is 0 Å². The molecule has 4 rings (SSSR count). The number of nitrogens with zero attached hydrogens (tertiary/aromatic N) is 2. The zero-order valence-electron chi connectivity index (χ0n) is 14.0. The Morgan fingerprint density at radius 2 is 2.17 bits per heavy atom. The van der Waals surface area contributed by atoms with E-state index in [4.69, 9.17) is 9.47 Å². The summed E-state index contributed by atoms with van der Waals surface area (Å²) in [6.07, 6.45) is 1.22. The van der Waals surface area contributed by atoms with Crippen molar-refractivity contribution in [1.82, 2.24) is 14.8 Å². The van der Waals surface area contributed by atoms with Crippen molar-refractivity contribution in [2.75, 3.05) is 46.4 Å². The third-order valence-corrected chi connectivity index (χ3v) is 5.00. The van der Waals surface area contributed by atoms with Crippen molar-refractivity contribution in [3.8, 4) is 11.5 Å². The molecule has 0 saturated carbocycles. The van der Waals surface area contributed by atoms with Crippen molar-refractivity contribution < 1.29 is 9.47 Å². The molecule has 1 atom stereocenters. The second kappa shape index (κ2) is 6.06. The summed E-state index contributed by atoms with van der Waals surface area (Å²) in [5, 5.41) is 4.68. The lowest BCUT2D eigenvalue weighted by Gasteiger charge is -2.32. The highest BCUT2D eigenvalue weighted by atomic mass is 16.5. The number of benzene rings is 1. The van der Waals surface area contributed by atoms with Crippen LogP contribution in [0.25, 0.3) is 10.9 Å². The highest BCUT2D eigenvalue weighted by Gasteiger charge is 2.27. The Morgan fingerprint density at radius 1 is 1.26 bits per heavy atom. The van der Waals surface area contributed by atoms with Crippen LogP contribution in [0.5, 0.6) is 11.5 Å². The van der Waals surface area contributed by atoms with Gasteiger partial charge >= 0.3 is 0 Å². The minimum atomic E-state index is 0.381. The molecule has 0 radical (unpaired) electrons. The molecule has 5 heteroatoms. The maximum absolute atomic E-state index is 6.09. The quantitative estimate of drug-likeness (QED) is 0.942. The van der Waals surface area contributed by atoms with Gasteiger partial charge in [0.1, 0.15) is 18.1 Å². The van der Waals surface area contributed by atoms with Crippen molar-refractivity contribution in [2.24, 2.45) is 0 Å². The maximum Gasteiger partial charge on any atom is 0.147 e. The van der Waals surface area contributed by atoms with Crippen LogP contribution in [0, 0.1) is 6.92 Å². The number of rotatable bonds is 3. The van der Waals surface area contributed by atoms with Gasteiger partial charge in [-0.1, -0.05) is 0 Å². The van der Waals surface area contributed by atoms with Crippen LogP contribution in [0.15, 0.2) is 18.2 Å². The Morgan fingerprint density at radius 3 is 3.04 bits per heavy atom. The van der Waals surface area contributed by atoms with Gasteiger partial charge in [0, 0.05) is 36.8 Å². The van der Waals surface area contributed by atoms with E-state index in [1.807, 2.05) is 6.07 Å². The molecule has 2 aliphatic rings. The van der Waals surface area contributed by atoms with Crippen molar-refractivity contribution in [3.63, 3.8) is 0 Å². The molecule has 2 aliphatic heterocycles. The van der Waals surface area contributed by atoms with Crippen LogP contribution in [0.2, 0.25) is 0 Å². The van der Waals surface area contributed by atoms with Gasteiger partial charge in [-0.2, -0.15) is 0 Å². The molecule has 1 N–H and O–H groups in total. The average molecular weight is 315 g/mol. The summed E-state index contributed by atoms with van der Waals surface area (Å²) in [7, 11) is 1.71. The van der Waals surface area contributed by atoms with E-state index in [-0.39, 0.29) is 0 Å². The lowest BCUT2D eigenvalue weighted by atomic mass is 10.2. The lowest BCUT2D eigenvalue weighted by Crippen LogP contribution is -2.37. The molecule has 1 saturated heterocycles. The standard InChI is InChI=1S/C18H25N3O2/c1-13-8-14-9-16(22-2)10-17-18(14)21(13)15(12-23-17)11-20-6-3-4-19-5-7-20/h8-10,15,19H,3-7,11-12H2,1-2H3. The Kier molecular flexibility index (Phi) is 3.91. The minimum Gasteiger partial charge on any atom is -0.497 e. The van der Waals surface area contributed by atoms with Crippen molar-refractivity contribution in [3.05, 3.63) is 23.9 Å². The number of aryl methyl sites for hydroxylation is 1. The van der Waals surface area contributed by atoms with Gasteiger partial charge in [0.2, 0.25) is 0 Å². The van der Waals surface area contributed by atoms with Crippen molar-refractivity contribution in [1.29, 1.82) is 0 Å². The van der Waals surface area contributed by atoms with E-state index in [0.29, 0.717) is 6.04 Å². The molecule has 1 aromatic heterocycles. The van der Waals surface area contributed by atoms with E-state index in [1.165, 1.54) is 29.6 Å². The molecule has 3 heterocycles. The number of aromatic nitrogens is 1. The van der Waals surface area contributed by atoms with E-state index in [9.17, 15) is 0 Å². The molecule has 5 nitrogen and oxygen atoms in total. The summed E-state index contributed by atoms with van der Waals surface area (Å²) < 4.78 is 14.0. The second-order valence-corrected chi connectivity index (χ2v) is 6.59. The van der Waals surface area contributed by atoms with Gasteiger partial charge in [0.05, 0.1) is 18.7 Å². The summed E-state index contributed by atoms with van der Waals surface area (Å²) in [4.78, 5) is 2.56. The highest BCUT2D eigenvalue weighted by molar-refractivity contribution is 5.89. The average Bonchev–Trinajstić information content (AvgIpc) is 2.74. The smallest absolute Gasteiger partial charge is 0.147 e. The minimum absolute atomic E-state index is 0.381. The molecule has 2 aromatic rings. The fourth-order valence-corrected chi connectivity index (χ4v) is 3.92. The summed E-state index contributed by atoms with van der Waals surface area (Å²) in [5.74, 6) is 1.81. The van der Waals surface area contributed by atoms with E-state index in [1.54, 1.807) is 7.11 Å². The highest BCUT2D eigenvalue weighted by Crippen LogP contribution is 2.38. The Balaban J connectivity index is 1.67. The van der Waals surface area contributed by atoms with Crippen LogP contribution >= 0.6 is 0 Å². The molecular weight excluding hydrogens is 290 g/mol. The third-order valence-electron chi connectivity index (χ3n) is 5.00. The monoisotopic (exact) mass is 315 g/mol. The molecule has 0 spiro atoms. The van der Waals surface area contributed by atoms with Crippen molar-refractivity contribution >= 4 is 10.9 Å². The largest absolute Gasteiger partial charge is 0.497 e. The van der Waals surface area contributed by atoms with Crippen LogP contribution in [0.4, 0.5) is 0 Å². The number of ether oxygens (including phenoxy) is 2. The van der Waals surface area contributed by atoms with E-state index in [0.717, 1.165) is 44.3 Å². The van der Waals surface area contributed by atoms with Crippen LogP contribution in [-0.4, -0.2) is 55.9 Å². The van der Waals surface area contributed by atoms with Gasteiger partial charge < -0.3 is 19.4 Å². The molecular formula is C18H25N3O2. The van der Waals surface area contributed by atoms with Crippen LogP contribution in [-0.2, 0) is 0 Å². The molecule has 0 bridgehead atoms. The number of hydrogen-bond acceptors (Lipinski definition) is 4. The predicted molar refractivity (Wildman–Crippen MR) is 91.7 cm³/mol. The fraction of sp³-hybridized carbons (Fsp3) is 0.556. The second-order valence-electron chi connectivity index (χ2n) is 6.59. The van der Waals surface area contributed by atoms with Gasteiger partial charge in [-0.25, -0.2) is 0 Å². The maximum atomic E-state index is 6.09. The first kappa shape index (κ1) is 14.8. The topological polar surface area (TPSA) is 38.7 Å². The number of nitrogens with one attached hydrogen (secondary N) is 1. The number of methoxy groups -OCH3 is 1. The predicted octanol–water partition coefficient (Wildman–Crippen LogP) is 2.19. The zero-order valence-corrected chi connectivity index (χ0v) is 14.0. The third kappa shape index (κ3) is 2.68. The Labute approximate surface area is 137 Å². The van der Waals surface area contributed by atoms with Crippen LogP contribution in [0.1, 0.15) is 18.2 Å².